The van der Waals surface area contributed by atoms with Crippen LogP contribution < -0.4 is 4.74 Å². The standard InChI is InChI=1S/C6HClF4N2O5S/c7-19(16,17)2-1-12-5(13(14)15)4(3(2)8)18-6(9,10)11/h1H. The highest BCUT2D eigenvalue weighted by Crippen LogP contribution is 2.36. The van der Waals surface area contributed by atoms with Gasteiger partial charge in [0, 0.05) is 10.7 Å². The van der Waals surface area contributed by atoms with Crippen LogP contribution in [0.1, 0.15) is 0 Å². The molecule has 19 heavy (non-hydrogen) atoms. The van der Waals surface area contributed by atoms with E-state index in [9.17, 15) is 36.1 Å². The second-order valence-corrected chi connectivity index (χ2v) is 5.37. The fraction of sp³-hybridized carbons (Fsp3) is 0.167. The quantitative estimate of drug-likeness (QED) is 0.365. The van der Waals surface area contributed by atoms with E-state index in [0.29, 0.717) is 0 Å². The highest BCUT2D eigenvalue weighted by atomic mass is 35.7. The van der Waals surface area contributed by atoms with Gasteiger partial charge < -0.3 is 14.9 Å². The first-order valence-corrected chi connectivity index (χ1v) is 6.27. The molecular weight excluding hydrogens is 324 g/mol. The summed E-state index contributed by atoms with van der Waals surface area (Å²) >= 11 is 0. The minimum atomic E-state index is -5.48. The van der Waals surface area contributed by atoms with Gasteiger partial charge >= 0.3 is 12.2 Å². The second-order valence-electron chi connectivity index (χ2n) is 2.83. The molecule has 1 aromatic heterocycles. The van der Waals surface area contributed by atoms with Gasteiger partial charge in [0.05, 0.1) is 0 Å². The number of ether oxygens (including phenoxy) is 1. The number of halogens is 5. The average Bonchev–Trinajstić information content (AvgIpc) is 2.16. The SMILES string of the molecule is O=[N+]([O-])c1ncc(S(=O)(=O)Cl)c(F)c1OC(F)(F)F. The van der Waals surface area contributed by atoms with E-state index in [1.807, 2.05) is 0 Å². The van der Waals surface area contributed by atoms with Crippen molar-refractivity contribution in [1.82, 2.24) is 4.98 Å². The first-order chi connectivity index (χ1) is 8.43. The Morgan fingerprint density at radius 3 is 2.32 bits per heavy atom. The van der Waals surface area contributed by atoms with Crippen LogP contribution in [0, 0.1) is 15.9 Å². The lowest BCUT2D eigenvalue weighted by Crippen LogP contribution is -2.20. The number of pyridine rings is 1. The van der Waals surface area contributed by atoms with Gasteiger partial charge in [0.1, 0.15) is 0 Å². The summed E-state index contributed by atoms with van der Waals surface area (Å²) in [4.78, 5) is 10.2. The third-order valence-corrected chi connectivity index (χ3v) is 2.88. The number of aromatic nitrogens is 1. The topological polar surface area (TPSA) is 99.4 Å². The van der Waals surface area contributed by atoms with Crippen LogP contribution in [0.3, 0.4) is 0 Å². The molecule has 0 fully saturated rings. The monoisotopic (exact) mass is 324 g/mol. The molecule has 0 amide bonds. The van der Waals surface area contributed by atoms with Crippen LogP contribution in [0.25, 0.3) is 0 Å². The van der Waals surface area contributed by atoms with E-state index in [2.05, 4.69) is 9.72 Å². The van der Waals surface area contributed by atoms with Gasteiger partial charge in [-0.2, -0.15) is 0 Å². The van der Waals surface area contributed by atoms with E-state index in [0.717, 1.165) is 0 Å². The number of nitrogens with zero attached hydrogens (tertiary/aromatic N) is 2. The molecule has 0 saturated carbocycles. The maximum atomic E-state index is 13.5. The van der Waals surface area contributed by atoms with E-state index in [1.54, 1.807) is 0 Å². The molecule has 0 spiro atoms. The molecule has 0 N–H and O–H groups in total. The summed E-state index contributed by atoms with van der Waals surface area (Å²) in [6.45, 7) is 0. The zero-order chi connectivity index (χ0) is 15.0. The molecule has 0 radical (unpaired) electrons. The van der Waals surface area contributed by atoms with Gasteiger partial charge in [0.2, 0.25) is 0 Å². The van der Waals surface area contributed by atoms with Crippen molar-refractivity contribution in [2.45, 2.75) is 11.3 Å². The maximum Gasteiger partial charge on any atom is 0.573 e. The highest BCUT2D eigenvalue weighted by Gasteiger charge is 2.39. The zero-order valence-corrected chi connectivity index (χ0v) is 9.88. The lowest BCUT2D eigenvalue weighted by Gasteiger charge is -2.10. The summed E-state index contributed by atoms with van der Waals surface area (Å²) in [7, 11) is -0.0647. The minimum absolute atomic E-state index is 0.110. The molecule has 0 saturated heterocycles. The first-order valence-electron chi connectivity index (χ1n) is 3.97. The summed E-state index contributed by atoms with van der Waals surface area (Å²) in [5.74, 6) is -5.79. The highest BCUT2D eigenvalue weighted by molar-refractivity contribution is 8.13. The molecular formula is C6HClF4N2O5S. The molecule has 0 bridgehead atoms. The van der Waals surface area contributed by atoms with Crippen LogP contribution in [-0.2, 0) is 9.05 Å². The fourth-order valence-corrected chi connectivity index (χ4v) is 1.76. The van der Waals surface area contributed by atoms with Gasteiger partial charge in [-0.05, 0) is 9.91 Å². The number of rotatable bonds is 3. The molecule has 1 aromatic rings. The largest absolute Gasteiger partial charge is 0.573 e. The van der Waals surface area contributed by atoms with Crippen LogP contribution in [0.15, 0.2) is 11.1 Å². The molecule has 0 atom stereocenters. The third-order valence-electron chi connectivity index (χ3n) is 1.58. The van der Waals surface area contributed by atoms with Crippen molar-refractivity contribution < 1.29 is 35.6 Å². The number of hydrogen-bond donors (Lipinski definition) is 0. The maximum absolute atomic E-state index is 13.5. The fourth-order valence-electron chi connectivity index (χ4n) is 0.951. The summed E-state index contributed by atoms with van der Waals surface area (Å²) in [6.07, 6.45) is -5.37. The smallest absolute Gasteiger partial charge is 0.393 e. The van der Waals surface area contributed by atoms with Crippen LogP contribution in [0.4, 0.5) is 23.4 Å². The Balaban J connectivity index is 3.58. The second kappa shape index (κ2) is 4.77. The van der Waals surface area contributed by atoms with Crippen molar-refractivity contribution in [3.63, 3.8) is 0 Å². The van der Waals surface area contributed by atoms with Crippen LogP contribution in [0.5, 0.6) is 5.75 Å². The summed E-state index contributed by atoms with van der Waals surface area (Å²) in [6, 6.07) is 0. The molecule has 1 heterocycles. The Hall–Kier alpha value is -1.69. The summed E-state index contributed by atoms with van der Waals surface area (Å²) < 4.78 is 74.1. The molecule has 7 nitrogen and oxygen atoms in total. The molecule has 0 aliphatic carbocycles. The number of hydrogen-bond acceptors (Lipinski definition) is 6. The van der Waals surface area contributed by atoms with E-state index < -0.39 is 42.6 Å². The van der Waals surface area contributed by atoms with Gasteiger partial charge in [-0.1, -0.05) is 0 Å². The lowest BCUT2D eigenvalue weighted by atomic mass is 10.4. The molecule has 13 heteroatoms. The van der Waals surface area contributed by atoms with Crippen molar-refractivity contribution >= 4 is 25.6 Å². The van der Waals surface area contributed by atoms with Crippen molar-refractivity contribution in [3.8, 4) is 5.75 Å². The Bertz CT molecular complexity index is 631. The van der Waals surface area contributed by atoms with Crippen LogP contribution in [-0.4, -0.2) is 24.7 Å². The first kappa shape index (κ1) is 15.4. The summed E-state index contributed by atoms with van der Waals surface area (Å²) in [5, 5.41) is 10.4. The molecule has 0 aliphatic heterocycles. The van der Waals surface area contributed by atoms with E-state index in [-0.39, 0.29) is 6.20 Å². The molecule has 0 aromatic carbocycles. The van der Waals surface area contributed by atoms with Gasteiger partial charge in [-0.3, -0.25) is 0 Å². The Kier molecular flexibility index (Phi) is 3.86. The normalized spacial score (nSPS) is 12.3. The van der Waals surface area contributed by atoms with E-state index >= 15 is 0 Å². The third kappa shape index (κ3) is 3.64. The minimum Gasteiger partial charge on any atom is -0.393 e. The van der Waals surface area contributed by atoms with E-state index in [4.69, 9.17) is 10.7 Å². The zero-order valence-electron chi connectivity index (χ0n) is 8.31. The van der Waals surface area contributed by atoms with Crippen molar-refractivity contribution in [2.75, 3.05) is 0 Å². The van der Waals surface area contributed by atoms with Crippen molar-refractivity contribution in [1.29, 1.82) is 0 Å². The average molecular weight is 325 g/mol. The lowest BCUT2D eigenvalue weighted by molar-refractivity contribution is -0.393. The molecule has 0 unspecified atom stereocenters. The van der Waals surface area contributed by atoms with Gasteiger partial charge in [-0.25, -0.2) is 12.8 Å². The van der Waals surface area contributed by atoms with E-state index in [1.165, 1.54) is 0 Å². The summed E-state index contributed by atoms with van der Waals surface area (Å²) in [5.41, 5.74) is 0. The Morgan fingerprint density at radius 1 is 1.42 bits per heavy atom. The Morgan fingerprint density at radius 2 is 1.95 bits per heavy atom. The number of alkyl halides is 3. The van der Waals surface area contributed by atoms with Crippen LogP contribution >= 0.6 is 10.7 Å². The molecule has 106 valence electrons. The number of nitro groups is 1. The van der Waals surface area contributed by atoms with Gasteiger partial charge in [0.15, 0.2) is 16.9 Å². The van der Waals surface area contributed by atoms with Crippen LogP contribution in [0.2, 0.25) is 0 Å². The van der Waals surface area contributed by atoms with Crippen molar-refractivity contribution in [3.05, 3.63) is 22.1 Å². The van der Waals surface area contributed by atoms with Gasteiger partial charge in [0.25, 0.3) is 14.8 Å². The molecule has 1 rings (SSSR count). The molecule has 0 aliphatic rings. The Labute approximate surface area is 106 Å². The van der Waals surface area contributed by atoms with Crippen molar-refractivity contribution in [2.24, 2.45) is 0 Å². The predicted molar refractivity (Wildman–Crippen MR) is 50.6 cm³/mol. The predicted octanol–water partition coefficient (Wildman–Crippen LogP) is 1.95. The van der Waals surface area contributed by atoms with Gasteiger partial charge in [-0.15, -0.1) is 13.2 Å².